The molecule has 1 rings (SSSR count). The minimum absolute atomic E-state index is 0.308. The van der Waals surface area contributed by atoms with Gasteiger partial charge in [0.2, 0.25) is 0 Å². The van der Waals surface area contributed by atoms with Gasteiger partial charge in [-0.05, 0) is 36.5 Å². The Kier molecular flexibility index (Phi) is 8.46. The van der Waals surface area contributed by atoms with Gasteiger partial charge in [-0.15, -0.1) is 0 Å². The molecule has 0 fully saturated rings. The first-order valence-electron chi connectivity index (χ1n) is 8.30. The summed E-state index contributed by atoms with van der Waals surface area (Å²) in [6, 6.07) is 5.22. The third-order valence-corrected chi connectivity index (χ3v) is 3.38. The van der Waals surface area contributed by atoms with Crippen molar-refractivity contribution < 1.29 is 23.9 Å². The van der Waals surface area contributed by atoms with Gasteiger partial charge in [0.05, 0.1) is 0 Å². The number of nitrogens with one attached hydrogen (secondary N) is 2. The van der Waals surface area contributed by atoms with Gasteiger partial charge in [0.1, 0.15) is 5.75 Å². The second kappa shape index (κ2) is 10.3. The number of ether oxygens (including phenoxy) is 2. The van der Waals surface area contributed by atoms with Crippen molar-refractivity contribution in [2.24, 2.45) is 0 Å². The molecule has 0 aliphatic rings. The number of hydrogen-bond acceptors (Lipinski definition) is 5. The lowest BCUT2D eigenvalue weighted by Gasteiger charge is -2.12. The fraction of sp³-hybridized carbons (Fsp3) is 0.500. The zero-order chi connectivity index (χ0) is 18.8. The molecule has 7 nitrogen and oxygen atoms in total. The van der Waals surface area contributed by atoms with Crippen molar-refractivity contribution in [1.29, 1.82) is 0 Å². The van der Waals surface area contributed by atoms with E-state index in [9.17, 15) is 14.4 Å². The first kappa shape index (κ1) is 20.5. The number of benzene rings is 1. The Hall–Kier alpha value is -2.57. The lowest BCUT2D eigenvalue weighted by molar-refractivity contribution is -0.150. The topological polar surface area (TPSA) is 93.7 Å². The average Bonchev–Trinajstić information content (AvgIpc) is 2.57. The average molecular weight is 350 g/mol. The molecule has 0 unspecified atom stereocenters. The summed E-state index contributed by atoms with van der Waals surface area (Å²) in [6.45, 7) is 7.53. The molecule has 1 aromatic carbocycles. The molecule has 0 saturated carbocycles. The van der Waals surface area contributed by atoms with Gasteiger partial charge in [0.25, 0.3) is 5.91 Å². The molecule has 0 bridgehead atoms. The molecule has 0 aliphatic carbocycles. The summed E-state index contributed by atoms with van der Waals surface area (Å²) in [4.78, 5) is 34.4. The van der Waals surface area contributed by atoms with Crippen LogP contribution in [-0.2, 0) is 14.3 Å². The smallest absolute Gasteiger partial charge is 0.344 e. The van der Waals surface area contributed by atoms with Gasteiger partial charge < -0.3 is 14.8 Å². The Morgan fingerprint density at radius 1 is 1.16 bits per heavy atom. The molecule has 0 radical (unpaired) electrons. The van der Waals surface area contributed by atoms with E-state index in [1.54, 1.807) is 0 Å². The molecule has 0 spiro atoms. The number of amides is 3. The van der Waals surface area contributed by atoms with Crippen molar-refractivity contribution in [2.75, 3.05) is 19.8 Å². The Labute approximate surface area is 148 Å². The Bertz CT molecular complexity index is 613. The zero-order valence-corrected chi connectivity index (χ0v) is 15.2. The number of rotatable bonds is 8. The molecule has 7 heteroatoms. The summed E-state index contributed by atoms with van der Waals surface area (Å²) in [5.74, 6) is -0.428. The van der Waals surface area contributed by atoms with Crippen LogP contribution in [0.15, 0.2) is 18.2 Å². The number of esters is 1. The number of hydrogen-bond donors (Lipinski definition) is 2. The molecule has 0 heterocycles. The molecule has 138 valence electrons. The molecule has 25 heavy (non-hydrogen) atoms. The minimum Gasteiger partial charge on any atom is -0.482 e. The van der Waals surface area contributed by atoms with Crippen molar-refractivity contribution in [3.63, 3.8) is 0 Å². The molecule has 0 atom stereocenters. The van der Waals surface area contributed by atoms with E-state index in [0.717, 1.165) is 17.5 Å². The number of carbonyl (C=O) groups excluding carboxylic acids is 3. The van der Waals surface area contributed by atoms with Crippen molar-refractivity contribution in [3.8, 4) is 5.75 Å². The Morgan fingerprint density at radius 2 is 1.88 bits per heavy atom. The Morgan fingerprint density at radius 3 is 2.52 bits per heavy atom. The summed E-state index contributed by atoms with van der Waals surface area (Å²) in [7, 11) is 0. The lowest BCUT2D eigenvalue weighted by Crippen LogP contribution is -2.41. The first-order chi connectivity index (χ1) is 11.8. The van der Waals surface area contributed by atoms with Crippen LogP contribution < -0.4 is 15.4 Å². The van der Waals surface area contributed by atoms with Crippen LogP contribution in [0.25, 0.3) is 0 Å². The molecular weight excluding hydrogens is 324 g/mol. The SMILES string of the molecule is CCCNC(=O)NC(=O)COC(=O)COc1cc(C(C)C)ccc1C. The van der Waals surface area contributed by atoms with Crippen LogP contribution >= 0.6 is 0 Å². The van der Waals surface area contributed by atoms with E-state index < -0.39 is 24.5 Å². The summed E-state index contributed by atoms with van der Waals surface area (Å²) < 4.78 is 10.3. The van der Waals surface area contributed by atoms with Gasteiger partial charge in [-0.25, -0.2) is 9.59 Å². The zero-order valence-electron chi connectivity index (χ0n) is 15.2. The molecule has 1 aromatic rings. The molecule has 0 aliphatic heterocycles. The quantitative estimate of drug-likeness (QED) is 0.702. The van der Waals surface area contributed by atoms with Crippen molar-refractivity contribution in [2.45, 2.75) is 40.0 Å². The van der Waals surface area contributed by atoms with E-state index in [-0.39, 0.29) is 6.61 Å². The second-order valence-electron chi connectivity index (χ2n) is 5.93. The van der Waals surface area contributed by atoms with Crippen molar-refractivity contribution in [1.82, 2.24) is 10.6 Å². The number of carbonyl (C=O) groups is 3. The molecule has 0 saturated heterocycles. The maximum Gasteiger partial charge on any atom is 0.344 e. The maximum atomic E-state index is 11.7. The van der Waals surface area contributed by atoms with Crippen LogP contribution in [0.1, 0.15) is 44.2 Å². The highest BCUT2D eigenvalue weighted by atomic mass is 16.6. The van der Waals surface area contributed by atoms with Gasteiger partial charge in [-0.1, -0.05) is 32.9 Å². The van der Waals surface area contributed by atoms with Crippen LogP contribution in [0.2, 0.25) is 0 Å². The van der Waals surface area contributed by atoms with E-state index >= 15 is 0 Å². The third-order valence-electron chi connectivity index (χ3n) is 3.38. The first-order valence-corrected chi connectivity index (χ1v) is 8.30. The van der Waals surface area contributed by atoms with Crippen molar-refractivity contribution >= 4 is 17.9 Å². The lowest BCUT2D eigenvalue weighted by atomic mass is 10.0. The highest BCUT2D eigenvalue weighted by Gasteiger charge is 2.12. The standard InChI is InChI=1S/C18H26N2O5/c1-5-8-19-18(23)20-16(21)10-25-17(22)11-24-15-9-14(12(2)3)7-6-13(15)4/h6-7,9,12H,5,8,10-11H2,1-4H3,(H2,19,20,21,23). The molecule has 3 amide bonds. The predicted molar refractivity (Wildman–Crippen MR) is 93.6 cm³/mol. The van der Waals surface area contributed by atoms with Crippen LogP contribution in [0, 0.1) is 6.92 Å². The highest BCUT2D eigenvalue weighted by molar-refractivity contribution is 5.95. The third kappa shape index (κ3) is 7.69. The van der Waals surface area contributed by atoms with Crippen LogP contribution in [0.5, 0.6) is 5.75 Å². The monoisotopic (exact) mass is 350 g/mol. The van der Waals surface area contributed by atoms with Crippen LogP contribution in [0.3, 0.4) is 0 Å². The highest BCUT2D eigenvalue weighted by Crippen LogP contribution is 2.24. The van der Waals surface area contributed by atoms with E-state index in [1.807, 2.05) is 32.0 Å². The molecule has 2 N–H and O–H groups in total. The largest absolute Gasteiger partial charge is 0.482 e. The van der Waals surface area contributed by atoms with Gasteiger partial charge in [0.15, 0.2) is 13.2 Å². The summed E-state index contributed by atoms with van der Waals surface area (Å²) in [5.41, 5.74) is 2.01. The van der Waals surface area contributed by atoms with Gasteiger partial charge in [-0.3, -0.25) is 10.1 Å². The van der Waals surface area contributed by atoms with Gasteiger partial charge in [0, 0.05) is 6.54 Å². The van der Waals surface area contributed by atoms with Crippen molar-refractivity contribution in [3.05, 3.63) is 29.3 Å². The van der Waals surface area contributed by atoms with Gasteiger partial charge >= 0.3 is 12.0 Å². The summed E-state index contributed by atoms with van der Waals surface area (Å²) >= 11 is 0. The molecular formula is C18H26N2O5. The van der Waals surface area contributed by atoms with Gasteiger partial charge in [-0.2, -0.15) is 0 Å². The van der Waals surface area contributed by atoms with E-state index in [4.69, 9.17) is 9.47 Å². The van der Waals surface area contributed by atoms with E-state index in [0.29, 0.717) is 18.2 Å². The number of imide groups is 1. The second-order valence-corrected chi connectivity index (χ2v) is 5.93. The van der Waals surface area contributed by atoms with E-state index in [2.05, 4.69) is 24.5 Å². The predicted octanol–water partition coefficient (Wildman–Crippen LogP) is 2.28. The number of urea groups is 1. The minimum atomic E-state index is -0.695. The maximum absolute atomic E-state index is 11.7. The fourth-order valence-corrected chi connectivity index (χ4v) is 1.90. The Balaban J connectivity index is 2.39. The normalized spacial score (nSPS) is 10.3. The van der Waals surface area contributed by atoms with E-state index in [1.165, 1.54) is 0 Å². The number of aryl methyl sites for hydroxylation is 1. The summed E-state index contributed by atoms with van der Waals surface area (Å²) in [5, 5.41) is 4.55. The fourth-order valence-electron chi connectivity index (χ4n) is 1.90. The van der Waals surface area contributed by atoms with Crippen LogP contribution in [0.4, 0.5) is 4.79 Å². The van der Waals surface area contributed by atoms with Crippen LogP contribution in [-0.4, -0.2) is 37.7 Å². The molecule has 0 aromatic heterocycles. The summed E-state index contributed by atoms with van der Waals surface area (Å²) in [6.07, 6.45) is 0.755.